The lowest BCUT2D eigenvalue weighted by atomic mass is 9.68. The molecule has 1 aliphatic carbocycles. The Kier molecular flexibility index (Phi) is 4.48. The van der Waals surface area contributed by atoms with Crippen LogP contribution in [0.1, 0.15) is 58.1 Å². The molecule has 1 unspecified atom stereocenters. The van der Waals surface area contributed by atoms with Gasteiger partial charge in [-0.1, -0.05) is 26.8 Å². The molecule has 0 heterocycles. The minimum absolute atomic E-state index is 0.0618. The number of nitrogens with two attached hydrogens (primary N) is 1. The van der Waals surface area contributed by atoms with Crippen molar-refractivity contribution < 1.29 is 8.78 Å². The van der Waals surface area contributed by atoms with Crippen molar-refractivity contribution in [1.82, 2.24) is 0 Å². The first kappa shape index (κ1) is 15.4. The zero-order chi connectivity index (χ0) is 14.9. The van der Waals surface area contributed by atoms with Gasteiger partial charge in [-0.2, -0.15) is 0 Å². The number of hydrogen-bond donors (Lipinski definition) is 1. The Morgan fingerprint density at radius 1 is 1.05 bits per heavy atom. The van der Waals surface area contributed by atoms with Crippen molar-refractivity contribution in [1.29, 1.82) is 0 Å². The summed E-state index contributed by atoms with van der Waals surface area (Å²) in [7, 11) is 0. The van der Waals surface area contributed by atoms with Gasteiger partial charge in [0, 0.05) is 11.6 Å². The summed E-state index contributed by atoms with van der Waals surface area (Å²) in [6.45, 7) is 6.78. The van der Waals surface area contributed by atoms with Crippen molar-refractivity contribution in [3.8, 4) is 0 Å². The molecule has 112 valence electrons. The molecule has 0 aromatic heterocycles. The van der Waals surface area contributed by atoms with Crippen LogP contribution in [-0.2, 0) is 0 Å². The molecule has 0 radical (unpaired) electrons. The third kappa shape index (κ3) is 3.20. The molecule has 2 N–H and O–H groups in total. The quantitative estimate of drug-likeness (QED) is 0.826. The van der Waals surface area contributed by atoms with Gasteiger partial charge in [0.05, 0.1) is 0 Å². The van der Waals surface area contributed by atoms with E-state index in [1.165, 1.54) is 18.2 Å². The van der Waals surface area contributed by atoms with Crippen molar-refractivity contribution >= 4 is 0 Å². The van der Waals surface area contributed by atoms with E-state index in [-0.39, 0.29) is 11.5 Å². The molecular weight excluding hydrogens is 256 g/mol. The molecule has 0 saturated heterocycles. The molecule has 1 aromatic rings. The fraction of sp³-hybridized carbons (Fsp3) is 0.647. The molecule has 20 heavy (non-hydrogen) atoms. The van der Waals surface area contributed by atoms with Gasteiger partial charge in [-0.25, -0.2) is 8.78 Å². The van der Waals surface area contributed by atoms with Crippen LogP contribution in [0.4, 0.5) is 8.78 Å². The summed E-state index contributed by atoms with van der Waals surface area (Å²) in [5, 5.41) is 0. The van der Waals surface area contributed by atoms with E-state index in [9.17, 15) is 8.78 Å². The van der Waals surface area contributed by atoms with E-state index in [4.69, 9.17) is 5.73 Å². The smallest absolute Gasteiger partial charge is 0.130 e. The van der Waals surface area contributed by atoms with Crippen molar-refractivity contribution in [2.45, 2.75) is 52.5 Å². The molecule has 1 fully saturated rings. The third-order valence-corrected chi connectivity index (χ3v) is 4.84. The van der Waals surface area contributed by atoms with Crippen LogP contribution in [-0.4, -0.2) is 0 Å². The van der Waals surface area contributed by atoms with Crippen LogP contribution >= 0.6 is 0 Å². The fourth-order valence-corrected chi connectivity index (χ4v) is 3.41. The predicted octanol–water partition coefficient (Wildman–Crippen LogP) is 4.82. The van der Waals surface area contributed by atoms with Crippen LogP contribution in [0.5, 0.6) is 0 Å². The van der Waals surface area contributed by atoms with Crippen LogP contribution in [0.2, 0.25) is 0 Å². The van der Waals surface area contributed by atoms with Gasteiger partial charge in [0.1, 0.15) is 11.6 Å². The normalized spacial score (nSPS) is 25.5. The van der Waals surface area contributed by atoms with Crippen LogP contribution in [0.25, 0.3) is 0 Å². The molecule has 0 bridgehead atoms. The maximum atomic E-state index is 13.8. The standard InChI is InChI=1S/C17H25F2N/c1-17(2,3)12-9-7-11(8-10-12)16(20)15-13(18)5-4-6-14(15)19/h4-6,11-12,16H,7-10,20H2,1-3H3. The van der Waals surface area contributed by atoms with Crippen molar-refractivity contribution in [2.75, 3.05) is 0 Å². The molecule has 0 spiro atoms. The molecule has 3 heteroatoms. The average molecular weight is 281 g/mol. The first-order valence-corrected chi connectivity index (χ1v) is 7.50. The van der Waals surface area contributed by atoms with Crippen molar-refractivity contribution in [3.05, 3.63) is 35.4 Å². The summed E-state index contributed by atoms with van der Waals surface area (Å²) in [5.41, 5.74) is 6.51. The average Bonchev–Trinajstić information content (AvgIpc) is 2.37. The molecule has 1 aromatic carbocycles. The van der Waals surface area contributed by atoms with Gasteiger partial charge in [-0.05, 0) is 55.1 Å². The Balaban J connectivity index is 2.07. The summed E-state index contributed by atoms with van der Waals surface area (Å²) in [6.07, 6.45) is 4.10. The lowest BCUT2D eigenvalue weighted by Gasteiger charge is -2.38. The highest BCUT2D eigenvalue weighted by atomic mass is 19.1. The second kappa shape index (κ2) is 5.80. The largest absolute Gasteiger partial charge is 0.324 e. The third-order valence-electron chi connectivity index (χ3n) is 4.84. The van der Waals surface area contributed by atoms with Crippen molar-refractivity contribution in [3.63, 3.8) is 0 Å². The van der Waals surface area contributed by atoms with Gasteiger partial charge in [0.2, 0.25) is 0 Å². The Morgan fingerprint density at radius 3 is 2.00 bits per heavy atom. The molecule has 1 saturated carbocycles. The fourth-order valence-electron chi connectivity index (χ4n) is 3.41. The lowest BCUT2D eigenvalue weighted by molar-refractivity contribution is 0.138. The second-order valence-corrected chi connectivity index (χ2v) is 7.14. The maximum absolute atomic E-state index is 13.8. The van der Waals surface area contributed by atoms with Crippen LogP contribution < -0.4 is 5.73 Å². The molecule has 2 rings (SSSR count). The number of hydrogen-bond acceptors (Lipinski definition) is 1. The second-order valence-electron chi connectivity index (χ2n) is 7.14. The van der Waals surface area contributed by atoms with E-state index in [2.05, 4.69) is 20.8 Å². The highest BCUT2D eigenvalue weighted by Crippen LogP contribution is 2.43. The van der Waals surface area contributed by atoms with Crippen LogP contribution in [0.15, 0.2) is 18.2 Å². The Labute approximate surface area is 120 Å². The molecule has 1 nitrogen and oxygen atoms in total. The van der Waals surface area contributed by atoms with Gasteiger partial charge < -0.3 is 5.73 Å². The van der Waals surface area contributed by atoms with E-state index >= 15 is 0 Å². The minimum Gasteiger partial charge on any atom is -0.324 e. The number of benzene rings is 1. The minimum atomic E-state index is -0.530. The first-order valence-electron chi connectivity index (χ1n) is 7.50. The van der Waals surface area contributed by atoms with E-state index in [0.29, 0.717) is 11.3 Å². The van der Waals surface area contributed by atoms with E-state index in [1.54, 1.807) is 0 Å². The van der Waals surface area contributed by atoms with Gasteiger partial charge in [0.25, 0.3) is 0 Å². The Hall–Kier alpha value is -0.960. The van der Waals surface area contributed by atoms with Crippen LogP contribution in [0.3, 0.4) is 0 Å². The summed E-state index contributed by atoms with van der Waals surface area (Å²) in [5.74, 6) is -0.178. The Morgan fingerprint density at radius 2 is 1.55 bits per heavy atom. The van der Waals surface area contributed by atoms with Gasteiger partial charge in [0.15, 0.2) is 0 Å². The molecule has 1 atom stereocenters. The zero-order valence-electron chi connectivity index (χ0n) is 12.6. The Bertz CT molecular complexity index is 436. The van der Waals surface area contributed by atoms with Gasteiger partial charge >= 0.3 is 0 Å². The predicted molar refractivity (Wildman–Crippen MR) is 78.2 cm³/mol. The maximum Gasteiger partial charge on any atom is 0.130 e. The molecule has 1 aliphatic rings. The monoisotopic (exact) mass is 281 g/mol. The van der Waals surface area contributed by atoms with E-state index in [1.807, 2.05) is 0 Å². The summed E-state index contributed by atoms with van der Waals surface area (Å²) in [4.78, 5) is 0. The number of halogens is 2. The summed E-state index contributed by atoms with van der Waals surface area (Å²) >= 11 is 0. The van der Waals surface area contributed by atoms with E-state index in [0.717, 1.165) is 25.7 Å². The summed E-state index contributed by atoms with van der Waals surface area (Å²) in [6, 6.07) is 3.44. The van der Waals surface area contributed by atoms with Gasteiger partial charge in [-0.3, -0.25) is 0 Å². The van der Waals surface area contributed by atoms with E-state index < -0.39 is 17.7 Å². The zero-order valence-corrected chi connectivity index (χ0v) is 12.6. The topological polar surface area (TPSA) is 26.0 Å². The molecule has 0 amide bonds. The summed E-state index contributed by atoms with van der Waals surface area (Å²) < 4.78 is 27.6. The molecule has 0 aliphatic heterocycles. The van der Waals surface area contributed by atoms with Crippen molar-refractivity contribution in [2.24, 2.45) is 23.0 Å². The molecular formula is C17H25F2N. The lowest BCUT2D eigenvalue weighted by Crippen LogP contribution is -2.31. The first-order chi connectivity index (χ1) is 9.30. The van der Waals surface area contributed by atoms with Crippen LogP contribution in [0, 0.1) is 28.9 Å². The van der Waals surface area contributed by atoms with Gasteiger partial charge in [-0.15, -0.1) is 0 Å². The highest BCUT2D eigenvalue weighted by Gasteiger charge is 2.33. The SMILES string of the molecule is CC(C)(C)C1CCC(C(N)c2c(F)cccc2F)CC1. The highest BCUT2D eigenvalue weighted by molar-refractivity contribution is 5.23. The number of rotatable bonds is 2.